The van der Waals surface area contributed by atoms with Gasteiger partial charge >= 0.3 is 0 Å². The Bertz CT molecular complexity index is 533. The summed E-state index contributed by atoms with van der Waals surface area (Å²) < 4.78 is 7.59. The second kappa shape index (κ2) is 5.69. The molecule has 0 spiro atoms. The van der Waals surface area contributed by atoms with Gasteiger partial charge in [-0.3, -0.25) is 11.3 Å². The fourth-order valence-electron chi connectivity index (χ4n) is 2.82. The number of imidazole rings is 1. The third-order valence-corrected chi connectivity index (χ3v) is 3.97. The van der Waals surface area contributed by atoms with Crippen molar-refractivity contribution in [3.8, 4) is 0 Å². The number of hydrazine groups is 1. The smallest absolute Gasteiger partial charge is 0.0958 e. The van der Waals surface area contributed by atoms with Gasteiger partial charge in [0.1, 0.15) is 0 Å². The highest BCUT2D eigenvalue weighted by Gasteiger charge is 2.23. The predicted molar refractivity (Wildman–Crippen MR) is 74.4 cm³/mol. The van der Waals surface area contributed by atoms with Crippen molar-refractivity contribution < 1.29 is 4.74 Å². The molecule has 3 N–H and O–H groups in total. The summed E-state index contributed by atoms with van der Waals surface area (Å²) in [4.78, 5) is 4.42. The van der Waals surface area contributed by atoms with Gasteiger partial charge in [0.15, 0.2) is 0 Å². The number of aromatic nitrogens is 2. The minimum absolute atomic E-state index is 0.265. The van der Waals surface area contributed by atoms with E-state index < -0.39 is 0 Å². The number of benzene rings is 1. The number of hydrogen-bond donors (Lipinski definition) is 2. The normalized spacial score (nSPS) is 18.8. The molecule has 0 bridgehead atoms. The predicted octanol–water partition coefficient (Wildman–Crippen LogP) is 1.29. The second-order valence-electron chi connectivity index (χ2n) is 5.11. The van der Waals surface area contributed by atoms with E-state index in [1.807, 2.05) is 24.5 Å². The average molecular weight is 260 g/mol. The van der Waals surface area contributed by atoms with Crippen molar-refractivity contribution in [1.82, 2.24) is 15.0 Å². The van der Waals surface area contributed by atoms with Crippen LogP contribution in [-0.2, 0) is 11.3 Å². The molecule has 2 heterocycles. The van der Waals surface area contributed by atoms with Gasteiger partial charge in [-0.1, -0.05) is 12.1 Å². The highest BCUT2D eigenvalue weighted by atomic mass is 16.5. The minimum atomic E-state index is 0.265. The van der Waals surface area contributed by atoms with E-state index in [-0.39, 0.29) is 6.04 Å². The van der Waals surface area contributed by atoms with Crippen LogP contribution >= 0.6 is 0 Å². The van der Waals surface area contributed by atoms with E-state index >= 15 is 0 Å². The summed E-state index contributed by atoms with van der Waals surface area (Å²) in [7, 11) is 0. The SMILES string of the molecule is NNC(Cn1cnc2ccccc21)C1CCOCC1. The molecule has 3 rings (SSSR count). The standard InChI is InChI=1S/C14H20N4O/c15-17-13(11-5-7-19-8-6-11)9-18-10-16-12-3-1-2-4-14(12)18/h1-4,10-11,13,17H,5-9,15H2. The Kier molecular flexibility index (Phi) is 3.77. The van der Waals surface area contributed by atoms with Gasteiger partial charge in [-0.25, -0.2) is 4.98 Å². The molecule has 1 aliphatic heterocycles. The summed E-state index contributed by atoms with van der Waals surface area (Å²) in [6.45, 7) is 2.53. The van der Waals surface area contributed by atoms with Crippen molar-refractivity contribution in [3.63, 3.8) is 0 Å². The van der Waals surface area contributed by atoms with E-state index in [4.69, 9.17) is 10.6 Å². The molecule has 0 amide bonds. The lowest BCUT2D eigenvalue weighted by Gasteiger charge is -2.30. The maximum Gasteiger partial charge on any atom is 0.0958 e. The molecule has 0 radical (unpaired) electrons. The number of hydrogen-bond acceptors (Lipinski definition) is 4. The Labute approximate surface area is 112 Å². The fourth-order valence-corrected chi connectivity index (χ4v) is 2.82. The zero-order chi connectivity index (χ0) is 13.1. The van der Waals surface area contributed by atoms with Gasteiger partial charge in [0.05, 0.1) is 17.4 Å². The van der Waals surface area contributed by atoms with E-state index in [1.165, 1.54) is 0 Å². The van der Waals surface area contributed by atoms with Crippen molar-refractivity contribution in [2.75, 3.05) is 13.2 Å². The van der Waals surface area contributed by atoms with Gasteiger partial charge in [0.25, 0.3) is 0 Å². The molecular weight excluding hydrogens is 240 g/mol. The number of para-hydroxylation sites is 2. The largest absolute Gasteiger partial charge is 0.381 e. The molecule has 2 aromatic rings. The molecule has 5 nitrogen and oxygen atoms in total. The first kappa shape index (κ1) is 12.6. The van der Waals surface area contributed by atoms with E-state index in [0.29, 0.717) is 5.92 Å². The molecule has 1 saturated heterocycles. The van der Waals surface area contributed by atoms with E-state index in [9.17, 15) is 0 Å². The third-order valence-electron chi connectivity index (χ3n) is 3.97. The van der Waals surface area contributed by atoms with E-state index in [1.54, 1.807) is 0 Å². The molecule has 0 aliphatic carbocycles. The lowest BCUT2D eigenvalue weighted by Crippen LogP contribution is -2.45. The molecule has 1 unspecified atom stereocenters. The maximum absolute atomic E-state index is 5.74. The molecule has 1 atom stereocenters. The van der Waals surface area contributed by atoms with E-state index in [2.05, 4.69) is 21.0 Å². The molecule has 1 aliphatic rings. The van der Waals surface area contributed by atoms with Crippen LogP contribution in [0.3, 0.4) is 0 Å². The maximum atomic E-state index is 5.74. The van der Waals surface area contributed by atoms with Crippen LogP contribution in [0.1, 0.15) is 12.8 Å². The first-order valence-electron chi connectivity index (χ1n) is 6.82. The second-order valence-corrected chi connectivity index (χ2v) is 5.11. The number of nitrogens with two attached hydrogens (primary N) is 1. The lowest BCUT2D eigenvalue weighted by molar-refractivity contribution is 0.0515. The summed E-state index contributed by atoms with van der Waals surface area (Å²) >= 11 is 0. The summed E-state index contributed by atoms with van der Waals surface area (Å²) in [5.74, 6) is 6.31. The molecule has 1 fully saturated rings. The number of rotatable bonds is 4. The topological polar surface area (TPSA) is 65.1 Å². The van der Waals surface area contributed by atoms with Gasteiger partial charge in [0.2, 0.25) is 0 Å². The van der Waals surface area contributed by atoms with Crippen LogP contribution in [0.15, 0.2) is 30.6 Å². The summed E-state index contributed by atoms with van der Waals surface area (Å²) in [6.07, 6.45) is 4.04. The number of fused-ring (bicyclic) bond motifs is 1. The van der Waals surface area contributed by atoms with Crippen molar-refractivity contribution in [2.45, 2.75) is 25.4 Å². The average Bonchev–Trinajstić information content (AvgIpc) is 2.89. The van der Waals surface area contributed by atoms with Gasteiger partial charge in [0, 0.05) is 25.8 Å². The monoisotopic (exact) mass is 260 g/mol. The lowest BCUT2D eigenvalue weighted by atomic mass is 9.92. The Morgan fingerprint density at radius 3 is 2.95 bits per heavy atom. The van der Waals surface area contributed by atoms with Crippen LogP contribution in [0.25, 0.3) is 11.0 Å². The van der Waals surface area contributed by atoms with Crippen LogP contribution in [-0.4, -0.2) is 28.8 Å². The van der Waals surface area contributed by atoms with Crippen molar-refractivity contribution in [2.24, 2.45) is 11.8 Å². The first-order chi connectivity index (χ1) is 9.38. The number of ether oxygens (including phenoxy) is 1. The van der Waals surface area contributed by atoms with Crippen molar-refractivity contribution in [1.29, 1.82) is 0 Å². The molecule has 19 heavy (non-hydrogen) atoms. The van der Waals surface area contributed by atoms with Crippen molar-refractivity contribution >= 4 is 11.0 Å². The Morgan fingerprint density at radius 1 is 1.37 bits per heavy atom. The summed E-state index contributed by atoms with van der Waals surface area (Å²) in [5.41, 5.74) is 5.17. The zero-order valence-electron chi connectivity index (χ0n) is 11.0. The molecule has 0 saturated carbocycles. The zero-order valence-corrected chi connectivity index (χ0v) is 11.0. The number of nitrogens with zero attached hydrogens (tertiary/aromatic N) is 2. The third kappa shape index (κ3) is 2.63. The van der Waals surface area contributed by atoms with Crippen LogP contribution in [0.5, 0.6) is 0 Å². The van der Waals surface area contributed by atoms with Gasteiger partial charge in [-0.05, 0) is 30.9 Å². The molecule has 5 heteroatoms. The highest BCUT2D eigenvalue weighted by molar-refractivity contribution is 5.74. The Morgan fingerprint density at radius 2 is 2.16 bits per heavy atom. The fraction of sp³-hybridized carbons (Fsp3) is 0.500. The Hall–Kier alpha value is -1.43. The molecular formula is C14H20N4O. The van der Waals surface area contributed by atoms with Crippen LogP contribution in [0.4, 0.5) is 0 Å². The quantitative estimate of drug-likeness (QED) is 0.642. The van der Waals surface area contributed by atoms with Gasteiger partial charge in [-0.2, -0.15) is 0 Å². The molecule has 1 aromatic carbocycles. The summed E-state index contributed by atoms with van der Waals surface area (Å²) in [5, 5.41) is 0. The van der Waals surface area contributed by atoms with Gasteiger partial charge < -0.3 is 9.30 Å². The molecule has 102 valence electrons. The number of nitrogens with one attached hydrogen (secondary N) is 1. The summed E-state index contributed by atoms with van der Waals surface area (Å²) in [6, 6.07) is 8.45. The molecule has 1 aromatic heterocycles. The van der Waals surface area contributed by atoms with Crippen LogP contribution < -0.4 is 11.3 Å². The minimum Gasteiger partial charge on any atom is -0.381 e. The Balaban J connectivity index is 1.78. The van der Waals surface area contributed by atoms with E-state index in [0.717, 1.165) is 43.6 Å². The van der Waals surface area contributed by atoms with Crippen LogP contribution in [0.2, 0.25) is 0 Å². The van der Waals surface area contributed by atoms with Crippen molar-refractivity contribution in [3.05, 3.63) is 30.6 Å². The first-order valence-corrected chi connectivity index (χ1v) is 6.82. The van der Waals surface area contributed by atoms with Gasteiger partial charge in [-0.15, -0.1) is 0 Å². The highest BCUT2D eigenvalue weighted by Crippen LogP contribution is 2.21. The van der Waals surface area contributed by atoms with Crippen LogP contribution in [0, 0.1) is 5.92 Å².